The van der Waals surface area contributed by atoms with Crippen LogP contribution in [0.4, 0.5) is 0 Å². The molecule has 0 bridgehead atoms. The second kappa shape index (κ2) is 6.89. The van der Waals surface area contributed by atoms with E-state index < -0.39 is 16.1 Å². The lowest BCUT2D eigenvalue weighted by Crippen LogP contribution is -2.49. The second-order valence-corrected chi connectivity index (χ2v) is 8.54. The number of sulfonamides is 1. The van der Waals surface area contributed by atoms with E-state index in [2.05, 4.69) is 15.7 Å². The third kappa shape index (κ3) is 3.76. The molecular formula is C17H26N2O3S. The molecule has 23 heavy (non-hydrogen) atoms. The molecule has 2 aliphatic rings. The fraction of sp³-hybridized carbons (Fsp3) is 0.647. The Morgan fingerprint density at radius 1 is 1.26 bits per heavy atom. The Kier molecular flexibility index (Phi) is 5.06. The zero-order chi connectivity index (χ0) is 16.4. The van der Waals surface area contributed by atoms with Gasteiger partial charge in [-0.1, -0.05) is 31.2 Å². The number of hydrogen-bond acceptors (Lipinski definition) is 4. The lowest BCUT2D eigenvalue weighted by Gasteiger charge is -2.37. The Bertz CT molecular complexity index is 639. The highest BCUT2D eigenvalue weighted by molar-refractivity contribution is 7.89. The molecule has 5 nitrogen and oxygen atoms in total. The molecule has 0 amide bonds. The van der Waals surface area contributed by atoms with Crippen molar-refractivity contribution in [2.24, 2.45) is 0 Å². The van der Waals surface area contributed by atoms with Crippen LogP contribution in [0.15, 0.2) is 24.3 Å². The van der Waals surface area contributed by atoms with Crippen molar-refractivity contribution >= 4 is 10.0 Å². The Morgan fingerprint density at radius 3 is 2.61 bits per heavy atom. The van der Waals surface area contributed by atoms with Crippen LogP contribution >= 0.6 is 0 Å². The molecule has 0 spiro atoms. The van der Waals surface area contributed by atoms with Crippen LogP contribution in [0.5, 0.6) is 0 Å². The van der Waals surface area contributed by atoms with Crippen LogP contribution in [-0.4, -0.2) is 49.4 Å². The SMILES string of the molecule is CCCS(=O)(=O)NC1CCN([C@H]2Cc3ccccc3[C@@H]2O)CC1. The predicted molar refractivity (Wildman–Crippen MR) is 90.7 cm³/mol. The molecule has 1 saturated heterocycles. The van der Waals surface area contributed by atoms with Crippen molar-refractivity contribution in [1.29, 1.82) is 0 Å². The van der Waals surface area contributed by atoms with Gasteiger partial charge in [-0.15, -0.1) is 0 Å². The summed E-state index contributed by atoms with van der Waals surface area (Å²) >= 11 is 0. The number of rotatable bonds is 5. The fourth-order valence-electron chi connectivity index (χ4n) is 3.81. The first-order valence-corrected chi connectivity index (χ1v) is 10.2. The second-order valence-electron chi connectivity index (χ2n) is 6.66. The first-order valence-electron chi connectivity index (χ1n) is 8.50. The van der Waals surface area contributed by atoms with Crippen molar-refractivity contribution in [3.63, 3.8) is 0 Å². The van der Waals surface area contributed by atoms with E-state index in [9.17, 15) is 13.5 Å². The number of likely N-dealkylation sites (tertiary alicyclic amines) is 1. The van der Waals surface area contributed by atoms with Crippen LogP contribution in [0.25, 0.3) is 0 Å². The Labute approximate surface area is 138 Å². The Morgan fingerprint density at radius 2 is 1.96 bits per heavy atom. The molecular weight excluding hydrogens is 312 g/mol. The monoisotopic (exact) mass is 338 g/mol. The first kappa shape index (κ1) is 16.9. The van der Waals surface area contributed by atoms with Gasteiger partial charge in [-0.05, 0) is 36.8 Å². The summed E-state index contributed by atoms with van der Waals surface area (Å²) in [4.78, 5) is 2.31. The van der Waals surface area contributed by atoms with Crippen LogP contribution in [0.1, 0.15) is 43.4 Å². The van der Waals surface area contributed by atoms with Gasteiger partial charge in [0.15, 0.2) is 0 Å². The summed E-state index contributed by atoms with van der Waals surface area (Å²) < 4.78 is 26.6. The molecule has 1 aromatic carbocycles. The number of fused-ring (bicyclic) bond motifs is 1. The van der Waals surface area contributed by atoms with Crippen LogP contribution in [0.3, 0.4) is 0 Å². The van der Waals surface area contributed by atoms with E-state index in [1.165, 1.54) is 5.56 Å². The van der Waals surface area contributed by atoms with Crippen molar-refractivity contribution in [2.75, 3.05) is 18.8 Å². The molecule has 1 aromatic rings. The highest BCUT2D eigenvalue weighted by atomic mass is 32.2. The minimum absolute atomic E-state index is 0.0312. The van der Waals surface area contributed by atoms with Gasteiger partial charge >= 0.3 is 0 Å². The lowest BCUT2D eigenvalue weighted by atomic mass is 10.0. The molecule has 0 unspecified atom stereocenters. The summed E-state index contributed by atoms with van der Waals surface area (Å²) in [6.45, 7) is 3.53. The molecule has 0 saturated carbocycles. The van der Waals surface area contributed by atoms with Gasteiger partial charge in [-0.3, -0.25) is 4.90 Å². The maximum atomic E-state index is 11.9. The standard InChI is InChI=1S/C17H26N2O3S/c1-2-11-23(21,22)18-14-7-9-19(10-8-14)16-12-13-5-3-4-6-15(13)17(16)20/h3-6,14,16-18,20H,2,7-12H2,1H3/t16-,17-/m0/s1. The molecule has 2 atom stereocenters. The quantitative estimate of drug-likeness (QED) is 0.852. The third-order valence-electron chi connectivity index (χ3n) is 4.98. The molecule has 0 aromatic heterocycles. The Balaban J connectivity index is 1.56. The van der Waals surface area contributed by atoms with Gasteiger partial charge in [-0.25, -0.2) is 13.1 Å². The van der Waals surface area contributed by atoms with Gasteiger partial charge in [-0.2, -0.15) is 0 Å². The fourth-order valence-corrected chi connectivity index (χ4v) is 5.21. The van der Waals surface area contributed by atoms with E-state index in [1.807, 2.05) is 25.1 Å². The summed E-state index contributed by atoms with van der Waals surface area (Å²) in [5.41, 5.74) is 2.28. The number of benzene rings is 1. The largest absolute Gasteiger partial charge is 0.387 e. The predicted octanol–water partition coefficient (Wildman–Crippen LogP) is 1.44. The number of piperidine rings is 1. The molecule has 1 aliphatic carbocycles. The van der Waals surface area contributed by atoms with Crippen molar-refractivity contribution in [3.05, 3.63) is 35.4 Å². The van der Waals surface area contributed by atoms with Gasteiger partial charge in [0.05, 0.1) is 11.9 Å². The van der Waals surface area contributed by atoms with Crippen molar-refractivity contribution < 1.29 is 13.5 Å². The smallest absolute Gasteiger partial charge is 0.211 e. The van der Waals surface area contributed by atoms with E-state index in [1.54, 1.807) is 0 Å². The summed E-state index contributed by atoms with van der Waals surface area (Å²) in [6, 6.07) is 8.24. The Hall–Kier alpha value is -0.950. The van der Waals surface area contributed by atoms with Crippen molar-refractivity contribution in [1.82, 2.24) is 9.62 Å². The zero-order valence-electron chi connectivity index (χ0n) is 13.6. The minimum Gasteiger partial charge on any atom is -0.387 e. The van der Waals surface area contributed by atoms with E-state index in [0.29, 0.717) is 6.42 Å². The van der Waals surface area contributed by atoms with Crippen LogP contribution in [-0.2, 0) is 16.4 Å². The van der Waals surface area contributed by atoms with Gasteiger partial charge in [0, 0.05) is 25.2 Å². The maximum Gasteiger partial charge on any atom is 0.211 e. The highest BCUT2D eigenvalue weighted by Gasteiger charge is 2.36. The molecule has 1 fully saturated rings. The maximum absolute atomic E-state index is 11.9. The minimum atomic E-state index is -3.14. The molecule has 0 radical (unpaired) electrons. The first-order chi connectivity index (χ1) is 11.0. The topological polar surface area (TPSA) is 69.6 Å². The average molecular weight is 338 g/mol. The van der Waals surface area contributed by atoms with Gasteiger partial charge in [0.2, 0.25) is 10.0 Å². The summed E-state index contributed by atoms with van der Waals surface area (Å²) in [5, 5.41) is 10.6. The molecule has 128 valence electrons. The number of nitrogens with one attached hydrogen (secondary N) is 1. The molecule has 2 N–H and O–H groups in total. The van der Waals surface area contributed by atoms with Crippen LogP contribution in [0.2, 0.25) is 0 Å². The summed E-state index contributed by atoms with van der Waals surface area (Å²) in [6.07, 6.45) is 2.70. The van der Waals surface area contributed by atoms with E-state index in [0.717, 1.165) is 37.9 Å². The molecule has 1 aliphatic heterocycles. The average Bonchev–Trinajstić information content (AvgIpc) is 2.85. The van der Waals surface area contributed by atoms with Crippen molar-refractivity contribution in [3.8, 4) is 0 Å². The number of nitrogens with zero attached hydrogens (tertiary/aromatic N) is 1. The number of aliphatic hydroxyl groups excluding tert-OH is 1. The summed E-state index contributed by atoms with van der Waals surface area (Å²) in [5.74, 6) is 0.198. The van der Waals surface area contributed by atoms with Gasteiger partial charge in [0.25, 0.3) is 0 Å². The number of hydrogen-bond donors (Lipinski definition) is 2. The van der Waals surface area contributed by atoms with E-state index in [-0.39, 0.29) is 17.8 Å². The van der Waals surface area contributed by atoms with Gasteiger partial charge < -0.3 is 5.11 Å². The molecule has 6 heteroatoms. The summed E-state index contributed by atoms with van der Waals surface area (Å²) in [7, 11) is -3.14. The highest BCUT2D eigenvalue weighted by Crippen LogP contribution is 2.35. The van der Waals surface area contributed by atoms with Crippen LogP contribution in [0, 0.1) is 0 Å². The van der Waals surface area contributed by atoms with Gasteiger partial charge in [0.1, 0.15) is 0 Å². The lowest BCUT2D eigenvalue weighted by molar-refractivity contribution is 0.0451. The van der Waals surface area contributed by atoms with E-state index >= 15 is 0 Å². The van der Waals surface area contributed by atoms with Crippen LogP contribution < -0.4 is 4.72 Å². The molecule has 1 heterocycles. The van der Waals surface area contributed by atoms with Crippen molar-refractivity contribution in [2.45, 2.75) is 50.8 Å². The van der Waals surface area contributed by atoms with E-state index in [4.69, 9.17) is 0 Å². The molecule has 3 rings (SSSR count). The normalized spacial score (nSPS) is 26.3. The zero-order valence-corrected chi connectivity index (χ0v) is 14.4. The third-order valence-corrected chi connectivity index (χ3v) is 6.62. The number of aliphatic hydroxyl groups is 1.